The third kappa shape index (κ3) is 2.77. The van der Waals surface area contributed by atoms with Gasteiger partial charge in [0.25, 0.3) is 0 Å². The lowest BCUT2D eigenvalue weighted by molar-refractivity contribution is 0.887. The third-order valence-corrected chi connectivity index (χ3v) is 5.05. The molecule has 0 amide bonds. The fourth-order valence-electron chi connectivity index (χ4n) is 1.68. The molecule has 0 radical (unpaired) electrons. The monoisotopic (exact) mass is 402 g/mol. The summed E-state index contributed by atoms with van der Waals surface area (Å²) in [4.78, 5) is 0.862. The van der Waals surface area contributed by atoms with Crippen LogP contribution in [0.4, 0.5) is 0 Å². The molecule has 7 heteroatoms. The Balaban J connectivity index is 2.00. The van der Waals surface area contributed by atoms with Crippen molar-refractivity contribution >= 4 is 50.7 Å². The highest BCUT2D eigenvalue weighted by Crippen LogP contribution is 2.27. The molecule has 4 nitrogen and oxygen atoms in total. The summed E-state index contributed by atoms with van der Waals surface area (Å²) in [6.45, 7) is 2.14. The van der Waals surface area contributed by atoms with Gasteiger partial charge in [0.15, 0.2) is 5.82 Å². The van der Waals surface area contributed by atoms with Gasteiger partial charge in [-0.3, -0.25) is 0 Å². The first-order valence-electron chi connectivity index (χ1n) is 5.82. The Morgan fingerprint density at radius 1 is 1.37 bits per heavy atom. The molecule has 1 aromatic carbocycles. The zero-order chi connectivity index (χ0) is 13.2. The maximum absolute atomic E-state index is 4.63. The Morgan fingerprint density at radius 3 is 3.05 bits per heavy atom. The van der Waals surface area contributed by atoms with Crippen LogP contribution in [-0.4, -0.2) is 25.6 Å². The molecule has 98 valence electrons. The highest BCUT2D eigenvalue weighted by molar-refractivity contribution is 14.1. The number of hydrogen-bond donors (Lipinski definition) is 0. The lowest BCUT2D eigenvalue weighted by atomic mass is 10.2. The molecule has 2 heterocycles. The van der Waals surface area contributed by atoms with E-state index in [0.717, 1.165) is 32.9 Å². The standard InChI is InChI=1S/C12H11IN4S2/c1-2-18-7-10-14-15-12-17(10)16-11(19-12)8-4-3-5-9(13)6-8/h3-6H,2,7H2,1H3. The second-order valence-electron chi connectivity index (χ2n) is 3.87. The van der Waals surface area contributed by atoms with Gasteiger partial charge in [-0.15, -0.1) is 10.2 Å². The molecule has 19 heavy (non-hydrogen) atoms. The van der Waals surface area contributed by atoms with Crippen molar-refractivity contribution in [3.8, 4) is 10.6 Å². The summed E-state index contributed by atoms with van der Waals surface area (Å²) in [5.74, 6) is 2.85. The smallest absolute Gasteiger partial charge is 0.186 e. The van der Waals surface area contributed by atoms with Crippen molar-refractivity contribution < 1.29 is 0 Å². The number of fused-ring (bicyclic) bond motifs is 1. The first-order valence-corrected chi connectivity index (χ1v) is 8.87. The molecule has 0 N–H and O–H groups in total. The van der Waals surface area contributed by atoms with Crippen LogP contribution in [0.25, 0.3) is 15.5 Å². The van der Waals surface area contributed by atoms with E-state index in [2.05, 4.69) is 63.0 Å². The fourth-order valence-corrected chi connectivity index (χ4v) is 3.64. The summed E-state index contributed by atoms with van der Waals surface area (Å²) in [6.07, 6.45) is 0. The van der Waals surface area contributed by atoms with Crippen LogP contribution in [0.1, 0.15) is 12.7 Å². The minimum Gasteiger partial charge on any atom is -0.186 e. The number of aromatic nitrogens is 4. The molecule has 2 aromatic heterocycles. The molecule has 0 bridgehead atoms. The summed E-state index contributed by atoms with van der Waals surface area (Å²) in [7, 11) is 0. The average Bonchev–Trinajstić information content (AvgIpc) is 2.97. The van der Waals surface area contributed by atoms with Gasteiger partial charge in [-0.1, -0.05) is 30.4 Å². The van der Waals surface area contributed by atoms with Gasteiger partial charge in [0.05, 0.1) is 5.75 Å². The Kier molecular flexibility index (Phi) is 4.04. The summed E-state index contributed by atoms with van der Waals surface area (Å²) in [5.41, 5.74) is 1.14. The van der Waals surface area contributed by atoms with Crippen molar-refractivity contribution in [2.45, 2.75) is 12.7 Å². The number of nitrogens with zero attached hydrogens (tertiary/aromatic N) is 4. The molecule has 0 atom stereocenters. The average molecular weight is 402 g/mol. The fraction of sp³-hybridized carbons (Fsp3) is 0.250. The van der Waals surface area contributed by atoms with E-state index in [1.54, 1.807) is 11.3 Å². The zero-order valence-corrected chi connectivity index (χ0v) is 14.0. The Hall–Kier alpha value is -0.670. The Bertz CT molecular complexity index is 707. The molecule has 0 saturated heterocycles. The van der Waals surface area contributed by atoms with Crippen LogP contribution in [0, 0.1) is 3.57 Å². The molecule has 0 unspecified atom stereocenters. The van der Waals surface area contributed by atoms with Crippen LogP contribution in [0.5, 0.6) is 0 Å². The lowest BCUT2D eigenvalue weighted by Gasteiger charge is -1.96. The van der Waals surface area contributed by atoms with Crippen molar-refractivity contribution in [3.63, 3.8) is 0 Å². The lowest BCUT2D eigenvalue weighted by Crippen LogP contribution is -1.94. The predicted molar refractivity (Wildman–Crippen MR) is 88.6 cm³/mol. The molecule has 0 saturated carbocycles. The van der Waals surface area contributed by atoms with E-state index in [1.807, 2.05) is 22.3 Å². The molecule has 0 aliphatic carbocycles. The van der Waals surface area contributed by atoms with Crippen LogP contribution in [0.3, 0.4) is 0 Å². The van der Waals surface area contributed by atoms with Gasteiger partial charge in [0.2, 0.25) is 4.96 Å². The minimum atomic E-state index is 0.854. The predicted octanol–water partition coefficient (Wildman–Crippen LogP) is 3.71. The molecule has 3 aromatic rings. The summed E-state index contributed by atoms with van der Waals surface area (Å²) in [5, 5.41) is 14.0. The van der Waals surface area contributed by atoms with Gasteiger partial charge < -0.3 is 0 Å². The van der Waals surface area contributed by atoms with E-state index in [1.165, 1.54) is 3.57 Å². The van der Waals surface area contributed by atoms with Crippen LogP contribution >= 0.6 is 45.7 Å². The van der Waals surface area contributed by atoms with Crippen molar-refractivity contribution in [1.29, 1.82) is 0 Å². The topological polar surface area (TPSA) is 43.1 Å². The zero-order valence-electron chi connectivity index (χ0n) is 10.2. The SMILES string of the molecule is CCSCc1nnc2sc(-c3cccc(I)c3)nn12. The maximum Gasteiger partial charge on any atom is 0.235 e. The molecular weight excluding hydrogens is 391 g/mol. The quantitative estimate of drug-likeness (QED) is 0.624. The summed E-state index contributed by atoms with van der Waals surface area (Å²) >= 11 is 5.72. The normalized spacial score (nSPS) is 11.3. The van der Waals surface area contributed by atoms with Gasteiger partial charge >= 0.3 is 0 Å². The molecule has 0 fully saturated rings. The highest BCUT2D eigenvalue weighted by Gasteiger charge is 2.12. The Morgan fingerprint density at radius 2 is 2.26 bits per heavy atom. The Labute approximate surface area is 132 Å². The van der Waals surface area contributed by atoms with Crippen molar-refractivity contribution in [3.05, 3.63) is 33.7 Å². The van der Waals surface area contributed by atoms with Gasteiger partial charge in [0, 0.05) is 9.13 Å². The molecule has 3 rings (SSSR count). The second-order valence-corrected chi connectivity index (χ2v) is 7.34. The van der Waals surface area contributed by atoms with E-state index in [4.69, 9.17) is 0 Å². The van der Waals surface area contributed by atoms with E-state index < -0.39 is 0 Å². The van der Waals surface area contributed by atoms with E-state index in [0.29, 0.717) is 0 Å². The largest absolute Gasteiger partial charge is 0.235 e. The van der Waals surface area contributed by atoms with Gasteiger partial charge in [-0.2, -0.15) is 21.4 Å². The van der Waals surface area contributed by atoms with E-state index >= 15 is 0 Å². The van der Waals surface area contributed by atoms with Crippen LogP contribution in [-0.2, 0) is 5.75 Å². The van der Waals surface area contributed by atoms with E-state index in [-0.39, 0.29) is 0 Å². The number of thioether (sulfide) groups is 1. The van der Waals surface area contributed by atoms with Gasteiger partial charge in [0.1, 0.15) is 5.01 Å². The van der Waals surface area contributed by atoms with Gasteiger partial charge in [-0.05, 0) is 40.5 Å². The number of rotatable bonds is 4. The molecule has 0 spiro atoms. The molecule has 0 aliphatic rings. The third-order valence-electron chi connectivity index (χ3n) is 2.56. The molecular formula is C12H11IN4S2. The number of halogens is 1. The van der Waals surface area contributed by atoms with Crippen molar-refractivity contribution in [1.82, 2.24) is 19.8 Å². The number of benzene rings is 1. The van der Waals surface area contributed by atoms with Crippen LogP contribution < -0.4 is 0 Å². The van der Waals surface area contributed by atoms with Crippen molar-refractivity contribution in [2.75, 3.05) is 5.75 Å². The summed E-state index contributed by atoms with van der Waals surface area (Å²) < 4.78 is 3.07. The first-order chi connectivity index (χ1) is 9.28. The molecule has 0 aliphatic heterocycles. The van der Waals surface area contributed by atoms with E-state index in [9.17, 15) is 0 Å². The second kappa shape index (κ2) is 5.76. The first kappa shape index (κ1) is 13.3. The van der Waals surface area contributed by atoms with Crippen molar-refractivity contribution in [2.24, 2.45) is 0 Å². The van der Waals surface area contributed by atoms with Crippen LogP contribution in [0.2, 0.25) is 0 Å². The van der Waals surface area contributed by atoms with Crippen LogP contribution in [0.15, 0.2) is 24.3 Å². The van der Waals surface area contributed by atoms with Gasteiger partial charge in [-0.25, -0.2) is 0 Å². The maximum atomic E-state index is 4.63. The highest BCUT2D eigenvalue weighted by atomic mass is 127. The summed E-state index contributed by atoms with van der Waals surface area (Å²) in [6, 6.07) is 8.34. The number of hydrogen-bond acceptors (Lipinski definition) is 5. The minimum absolute atomic E-state index is 0.854.